The van der Waals surface area contributed by atoms with Gasteiger partial charge in [-0.1, -0.05) is 30.3 Å². The van der Waals surface area contributed by atoms with Gasteiger partial charge in [0.1, 0.15) is 0 Å². The largest absolute Gasteiger partial charge is 0.396 e. The second-order valence-corrected chi connectivity index (χ2v) is 6.89. The standard InChI is InChI=1S/C19H23N3O2/c23-13-15-12-21(10-8-17(15)14-4-2-1-3-5-14)18-19(24)22(11-9-20-18)16-6-7-16/h1-5,9,11,15-17,23H,6-8,10,12-13H2/t15-,17+/m1/s1. The zero-order valence-corrected chi connectivity index (χ0v) is 13.7. The SMILES string of the molecule is O=c1c(N2CC[C@@H](c3ccccc3)[C@@H](CO)C2)nccn1C1CC1. The van der Waals surface area contributed by atoms with E-state index in [-0.39, 0.29) is 18.1 Å². The van der Waals surface area contributed by atoms with Crippen LogP contribution in [0.2, 0.25) is 0 Å². The van der Waals surface area contributed by atoms with E-state index in [4.69, 9.17) is 0 Å². The first-order valence-corrected chi connectivity index (χ1v) is 8.76. The van der Waals surface area contributed by atoms with Crippen LogP contribution in [0, 0.1) is 5.92 Å². The van der Waals surface area contributed by atoms with Gasteiger partial charge in [-0.2, -0.15) is 0 Å². The summed E-state index contributed by atoms with van der Waals surface area (Å²) in [5.41, 5.74) is 1.28. The van der Waals surface area contributed by atoms with Crippen LogP contribution >= 0.6 is 0 Å². The van der Waals surface area contributed by atoms with Gasteiger partial charge in [0.15, 0.2) is 5.82 Å². The molecule has 1 saturated carbocycles. The van der Waals surface area contributed by atoms with Crippen molar-refractivity contribution in [1.29, 1.82) is 0 Å². The predicted molar refractivity (Wildman–Crippen MR) is 93.4 cm³/mol. The van der Waals surface area contributed by atoms with Crippen LogP contribution in [-0.2, 0) is 0 Å². The van der Waals surface area contributed by atoms with Crippen molar-refractivity contribution >= 4 is 5.82 Å². The van der Waals surface area contributed by atoms with E-state index in [2.05, 4.69) is 22.0 Å². The highest BCUT2D eigenvalue weighted by atomic mass is 16.3. The van der Waals surface area contributed by atoms with Gasteiger partial charge in [0.25, 0.3) is 5.56 Å². The highest BCUT2D eigenvalue weighted by molar-refractivity contribution is 5.38. The Morgan fingerprint density at radius 3 is 2.67 bits per heavy atom. The van der Waals surface area contributed by atoms with Crippen molar-refractivity contribution in [2.24, 2.45) is 5.92 Å². The minimum atomic E-state index is 0.00912. The molecule has 0 spiro atoms. The molecule has 5 nitrogen and oxygen atoms in total. The highest BCUT2D eigenvalue weighted by Gasteiger charge is 2.32. The van der Waals surface area contributed by atoms with E-state index in [1.165, 1.54) is 5.56 Å². The lowest BCUT2D eigenvalue weighted by molar-refractivity contribution is 0.189. The summed E-state index contributed by atoms with van der Waals surface area (Å²) in [6, 6.07) is 10.7. The molecule has 2 fully saturated rings. The molecule has 0 amide bonds. The maximum atomic E-state index is 12.7. The first-order valence-electron chi connectivity index (χ1n) is 8.76. The van der Waals surface area contributed by atoms with E-state index in [0.29, 0.717) is 24.3 Å². The molecule has 1 aliphatic heterocycles. The highest BCUT2D eigenvalue weighted by Crippen LogP contribution is 2.35. The van der Waals surface area contributed by atoms with Crippen molar-refractivity contribution in [1.82, 2.24) is 9.55 Å². The number of hydrogen-bond acceptors (Lipinski definition) is 4. The molecule has 1 saturated heterocycles. The number of piperidine rings is 1. The zero-order valence-electron chi connectivity index (χ0n) is 13.7. The second-order valence-electron chi connectivity index (χ2n) is 6.89. The molecule has 2 aliphatic rings. The van der Waals surface area contributed by atoms with Gasteiger partial charge in [0, 0.05) is 44.0 Å². The van der Waals surface area contributed by atoms with Crippen LogP contribution in [0.4, 0.5) is 5.82 Å². The molecule has 24 heavy (non-hydrogen) atoms. The number of aromatic nitrogens is 2. The topological polar surface area (TPSA) is 58.4 Å². The summed E-state index contributed by atoms with van der Waals surface area (Å²) < 4.78 is 1.82. The normalized spacial score (nSPS) is 24.1. The van der Waals surface area contributed by atoms with Gasteiger partial charge in [-0.15, -0.1) is 0 Å². The van der Waals surface area contributed by atoms with Crippen molar-refractivity contribution in [3.05, 3.63) is 58.6 Å². The number of aliphatic hydroxyl groups is 1. The van der Waals surface area contributed by atoms with E-state index in [1.807, 2.05) is 22.8 Å². The fourth-order valence-electron chi connectivity index (χ4n) is 3.82. The van der Waals surface area contributed by atoms with E-state index in [0.717, 1.165) is 25.8 Å². The molecule has 0 unspecified atom stereocenters. The first-order chi connectivity index (χ1) is 11.8. The number of aliphatic hydroxyl groups excluding tert-OH is 1. The lowest BCUT2D eigenvalue weighted by atomic mass is 9.81. The fraction of sp³-hybridized carbons (Fsp3) is 0.474. The Bertz CT molecular complexity index is 755. The van der Waals surface area contributed by atoms with E-state index >= 15 is 0 Å². The minimum Gasteiger partial charge on any atom is -0.396 e. The van der Waals surface area contributed by atoms with Gasteiger partial charge in [-0.05, 0) is 30.7 Å². The average molecular weight is 325 g/mol. The summed E-state index contributed by atoms with van der Waals surface area (Å²) in [4.78, 5) is 19.1. The quantitative estimate of drug-likeness (QED) is 0.936. The van der Waals surface area contributed by atoms with Crippen molar-refractivity contribution in [2.75, 3.05) is 24.6 Å². The van der Waals surface area contributed by atoms with Crippen molar-refractivity contribution in [3.63, 3.8) is 0 Å². The molecule has 126 valence electrons. The van der Waals surface area contributed by atoms with Gasteiger partial charge in [0.05, 0.1) is 0 Å². The fourth-order valence-corrected chi connectivity index (χ4v) is 3.82. The van der Waals surface area contributed by atoms with Crippen molar-refractivity contribution in [3.8, 4) is 0 Å². The van der Waals surface area contributed by atoms with Crippen LogP contribution in [0.3, 0.4) is 0 Å². The number of benzene rings is 1. The molecule has 2 atom stereocenters. The van der Waals surface area contributed by atoms with Gasteiger partial charge < -0.3 is 14.6 Å². The first kappa shape index (κ1) is 15.4. The Labute approximate surface area is 141 Å². The van der Waals surface area contributed by atoms with E-state index in [1.54, 1.807) is 12.4 Å². The molecular weight excluding hydrogens is 302 g/mol. The Morgan fingerprint density at radius 2 is 1.96 bits per heavy atom. The van der Waals surface area contributed by atoms with Crippen LogP contribution in [0.25, 0.3) is 0 Å². The number of anilines is 1. The lowest BCUT2D eigenvalue weighted by Gasteiger charge is -2.38. The van der Waals surface area contributed by atoms with Crippen molar-refractivity contribution < 1.29 is 5.11 Å². The van der Waals surface area contributed by atoms with Gasteiger partial charge in [-0.3, -0.25) is 4.79 Å². The Hall–Kier alpha value is -2.14. The Morgan fingerprint density at radius 1 is 1.17 bits per heavy atom. The molecule has 1 aromatic heterocycles. The van der Waals surface area contributed by atoms with Gasteiger partial charge in [0.2, 0.25) is 0 Å². The molecule has 0 radical (unpaired) electrons. The summed E-state index contributed by atoms with van der Waals surface area (Å²) in [5, 5.41) is 9.88. The molecule has 0 bridgehead atoms. The van der Waals surface area contributed by atoms with Crippen LogP contribution < -0.4 is 10.5 Å². The summed E-state index contributed by atoms with van der Waals surface area (Å²) in [7, 11) is 0. The zero-order chi connectivity index (χ0) is 16.5. The Balaban J connectivity index is 1.57. The Kier molecular flexibility index (Phi) is 4.10. The van der Waals surface area contributed by atoms with Gasteiger partial charge in [-0.25, -0.2) is 4.98 Å². The summed E-state index contributed by atoms with van der Waals surface area (Å²) >= 11 is 0. The smallest absolute Gasteiger partial charge is 0.293 e. The van der Waals surface area contributed by atoms with Gasteiger partial charge >= 0.3 is 0 Å². The maximum Gasteiger partial charge on any atom is 0.293 e. The summed E-state index contributed by atoms with van der Waals surface area (Å²) in [6.45, 7) is 1.60. The molecule has 1 aliphatic carbocycles. The third kappa shape index (κ3) is 2.84. The van der Waals surface area contributed by atoms with Crippen LogP contribution in [0.15, 0.2) is 47.5 Å². The number of hydrogen-bond donors (Lipinski definition) is 1. The predicted octanol–water partition coefficient (Wildman–Crippen LogP) is 2.18. The average Bonchev–Trinajstić information content (AvgIpc) is 3.47. The molecule has 1 aromatic carbocycles. The number of nitrogens with zero attached hydrogens (tertiary/aromatic N) is 3. The molecule has 1 N–H and O–H groups in total. The third-order valence-electron chi connectivity index (χ3n) is 5.29. The molecule has 5 heteroatoms. The molecule has 2 aromatic rings. The minimum absolute atomic E-state index is 0.00912. The van der Waals surface area contributed by atoms with E-state index in [9.17, 15) is 9.90 Å². The summed E-state index contributed by atoms with van der Waals surface area (Å²) in [6.07, 6.45) is 6.61. The summed E-state index contributed by atoms with van der Waals surface area (Å²) in [5.74, 6) is 0.994. The van der Waals surface area contributed by atoms with Crippen LogP contribution in [0.1, 0.15) is 36.8 Å². The van der Waals surface area contributed by atoms with E-state index < -0.39 is 0 Å². The van der Waals surface area contributed by atoms with Crippen LogP contribution in [-0.4, -0.2) is 34.4 Å². The second kappa shape index (κ2) is 6.40. The monoisotopic (exact) mass is 325 g/mol. The lowest BCUT2D eigenvalue weighted by Crippen LogP contribution is -2.44. The molecule has 4 rings (SSSR count). The maximum absolute atomic E-state index is 12.7. The van der Waals surface area contributed by atoms with Crippen molar-refractivity contribution in [2.45, 2.75) is 31.2 Å². The molecular formula is C19H23N3O2. The number of rotatable bonds is 4. The van der Waals surface area contributed by atoms with Crippen LogP contribution in [0.5, 0.6) is 0 Å². The molecule has 2 heterocycles. The third-order valence-corrected chi connectivity index (χ3v) is 5.29.